The molecule has 3 rings (SSSR count). The van der Waals surface area contributed by atoms with Crippen molar-refractivity contribution >= 4 is 17.5 Å². The summed E-state index contributed by atoms with van der Waals surface area (Å²) in [6.45, 7) is 4.92. The molecule has 0 radical (unpaired) electrons. The van der Waals surface area contributed by atoms with Crippen LogP contribution in [0.4, 0.5) is 13.2 Å². The minimum atomic E-state index is -4.51. The number of halogens is 4. The number of nitriles is 1. The first-order valence-electron chi connectivity index (χ1n) is 11.6. The third-order valence-corrected chi connectivity index (χ3v) is 6.21. The number of rotatable bonds is 9. The number of carbonyl (C=O) groups excluding carboxylic acids is 1. The van der Waals surface area contributed by atoms with Gasteiger partial charge >= 0.3 is 6.18 Å². The first-order valence-corrected chi connectivity index (χ1v) is 12.0. The van der Waals surface area contributed by atoms with Crippen molar-refractivity contribution < 1.29 is 22.7 Å². The molecule has 1 aromatic heterocycles. The van der Waals surface area contributed by atoms with Gasteiger partial charge in [-0.15, -0.1) is 0 Å². The van der Waals surface area contributed by atoms with Crippen molar-refractivity contribution in [3.05, 3.63) is 94.1 Å². The van der Waals surface area contributed by atoms with Crippen molar-refractivity contribution in [1.82, 2.24) is 10.3 Å². The van der Waals surface area contributed by atoms with Crippen LogP contribution in [-0.2, 0) is 23.8 Å². The van der Waals surface area contributed by atoms with Crippen LogP contribution in [-0.4, -0.2) is 22.5 Å². The summed E-state index contributed by atoms with van der Waals surface area (Å²) in [7, 11) is 0. The largest absolute Gasteiger partial charge is 0.462 e. The molecule has 5 nitrogen and oxygen atoms in total. The lowest BCUT2D eigenvalue weighted by Gasteiger charge is -2.30. The molecule has 2 unspecified atom stereocenters. The van der Waals surface area contributed by atoms with Crippen molar-refractivity contribution in [2.24, 2.45) is 0 Å². The molecular weight excluding hydrogens is 503 g/mol. The molecule has 0 bridgehead atoms. The molecule has 0 aliphatic heterocycles. The number of alkyl halides is 3. The summed E-state index contributed by atoms with van der Waals surface area (Å²) in [6.07, 6.45) is -2.92. The van der Waals surface area contributed by atoms with Gasteiger partial charge in [-0.2, -0.15) is 18.4 Å². The fourth-order valence-corrected chi connectivity index (χ4v) is 4.05. The Hall–Kier alpha value is -3.57. The Bertz CT molecular complexity index is 1250. The summed E-state index contributed by atoms with van der Waals surface area (Å²) in [4.78, 5) is 16.9. The van der Waals surface area contributed by atoms with E-state index in [9.17, 15) is 18.0 Å². The van der Waals surface area contributed by atoms with Gasteiger partial charge in [0, 0.05) is 29.2 Å². The SMILES string of the molecule is CC(NC(=O)C(C)(C)Oc1ccc(C(F)(F)F)cn1)C(Cc1ccc(CC#N)cc1)c1cccc(Cl)c1. The van der Waals surface area contributed by atoms with E-state index in [1.807, 2.05) is 49.4 Å². The number of benzene rings is 2. The summed E-state index contributed by atoms with van der Waals surface area (Å²) >= 11 is 6.24. The molecule has 0 aliphatic carbocycles. The molecule has 37 heavy (non-hydrogen) atoms. The van der Waals surface area contributed by atoms with E-state index in [0.717, 1.165) is 28.8 Å². The molecule has 0 saturated carbocycles. The Morgan fingerprint density at radius 2 is 1.78 bits per heavy atom. The van der Waals surface area contributed by atoms with E-state index in [1.54, 1.807) is 6.07 Å². The Morgan fingerprint density at radius 1 is 1.11 bits per heavy atom. The van der Waals surface area contributed by atoms with Gasteiger partial charge in [-0.05, 0) is 62.1 Å². The lowest BCUT2D eigenvalue weighted by molar-refractivity contribution is -0.138. The van der Waals surface area contributed by atoms with Crippen LogP contribution < -0.4 is 10.1 Å². The van der Waals surface area contributed by atoms with Gasteiger partial charge in [0.15, 0.2) is 5.60 Å². The van der Waals surface area contributed by atoms with Crippen LogP contribution in [0.25, 0.3) is 0 Å². The zero-order chi connectivity index (χ0) is 27.2. The Kier molecular flexibility index (Phi) is 8.82. The quantitative estimate of drug-likeness (QED) is 0.343. The van der Waals surface area contributed by atoms with Gasteiger partial charge in [-0.3, -0.25) is 4.79 Å². The maximum atomic E-state index is 13.2. The standard InChI is InChI=1S/C28H27ClF3N3O2/c1-18(35-26(36)27(2,3)37-25-12-11-22(17-34-25)28(30,31)32)24(21-5-4-6-23(29)16-21)15-20-9-7-19(8-10-20)13-14-33/h4-12,16-18,24H,13,15H2,1-3H3,(H,35,36). The van der Waals surface area contributed by atoms with E-state index in [1.165, 1.54) is 13.8 Å². The Morgan fingerprint density at radius 3 is 2.35 bits per heavy atom. The molecule has 2 aromatic carbocycles. The lowest BCUT2D eigenvalue weighted by atomic mass is 9.86. The lowest BCUT2D eigenvalue weighted by Crippen LogP contribution is -2.51. The van der Waals surface area contributed by atoms with E-state index in [0.29, 0.717) is 24.1 Å². The van der Waals surface area contributed by atoms with Gasteiger partial charge in [-0.1, -0.05) is 48.0 Å². The van der Waals surface area contributed by atoms with Crippen LogP contribution in [0.1, 0.15) is 48.9 Å². The van der Waals surface area contributed by atoms with Crippen LogP contribution in [0.2, 0.25) is 5.02 Å². The van der Waals surface area contributed by atoms with Gasteiger partial charge in [0.2, 0.25) is 5.88 Å². The number of amides is 1. The first-order chi connectivity index (χ1) is 17.4. The van der Waals surface area contributed by atoms with Gasteiger partial charge in [0.25, 0.3) is 5.91 Å². The number of aromatic nitrogens is 1. The zero-order valence-corrected chi connectivity index (χ0v) is 21.4. The fourth-order valence-electron chi connectivity index (χ4n) is 3.86. The zero-order valence-electron chi connectivity index (χ0n) is 20.6. The van der Waals surface area contributed by atoms with Gasteiger partial charge in [0.05, 0.1) is 18.1 Å². The number of ether oxygens (including phenoxy) is 1. The number of carbonyl (C=O) groups is 1. The predicted octanol–water partition coefficient (Wildman–Crippen LogP) is 6.51. The smallest absolute Gasteiger partial charge is 0.417 e. The normalized spacial score (nSPS) is 13.4. The average Bonchev–Trinajstić information content (AvgIpc) is 2.83. The highest BCUT2D eigenvalue weighted by Crippen LogP contribution is 2.30. The highest BCUT2D eigenvalue weighted by atomic mass is 35.5. The van der Waals surface area contributed by atoms with E-state index in [2.05, 4.69) is 16.4 Å². The molecular formula is C28H27ClF3N3O2. The number of hydrogen-bond acceptors (Lipinski definition) is 4. The number of hydrogen-bond donors (Lipinski definition) is 1. The monoisotopic (exact) mass is 529 g/mol. The van der Waals surface area contributed by atoms with E-state index >= 15 is 0 Å². The maximum absolute atomic E-state index is 13.2. The molecule has 9 heteroatoms. The minimum absolute atomic E-state index is 0.0929. The second kappa shape index (κ2) is 11.7. The maximum Gasteiger partial charge on any atom is 0.417 e. The summed E-state index contributed by atoms with van der Waals surface area (Å²) < 4.78 is 44.1. The molecule has 0 fully saturated rings. The minimum Gasteiger partial charge on any atom is -0.462 e. The third kappa shape index (κ3) is 7.70. The van der Waals surface area contributed by atoms with Crippen LogP contribution >= 0.6 is 11.6 Å². The second-order valence-corrected chi connectivity index (χ2v) is 9.71. The molecule has 1 N–H and O–H groups in total. The number of nitrogens with zero attached hydrogens (tertiary/aromatic N) is 2. The van der Waals surface area contributed by atoms with Gasteiger partial charge < -0.3 is 10.1 Å². The molecule has 0 saturated heterocycles. The summed E-state index contributed by atoms with van der Waals surface area (Å²) in [6, 6.07) is 18.9. The number of nitrogens with one attached hydrogen (secondary N) is 1. The highest BCUT2D eigenvalue weighted by Gasteiger charge is 2.34. The molecule has 2 atom stereocenters. The van der Waals surface area contributed by atoms with Crippen molar-refractivity contribution in [3.63, 3.8) is 0 Å². The fraction of sp³-hybridized carbons (Fsp3) is 0.321. The molecule has 3 aromatic rings. The molecule has 1 amide bonds. The number of pyridine rings is 1. The van der Waals surface area contributed by atoms with Crippen LogP contribution in [0.5, 0.6) is 5.88 Å². The Labute approximate surface area is 219 Å². The van der Waals surface area contributed by atoms with Crippen LogP contribution in [0.15, 0.2) is 66.9 Å². The van der Waals surface area contributed by atoms with Crippen molar-refractivity contribution in [3.8, 4) is 11.9 Å². The predicted molar refractivity (Wildman–Crippen MR) is 135 cm³/mol. The van der Waals surface area contributed by atoms with E-state index < -0.39 is 23.2 Å². The van der Waals surface area contributed by atoms with Crippen molar-refractivity contribution in [2.75, 3.05) is 0 Å². The topological polar surface area (TPSA) is 75.0 Å². The molecule has 1 heterocycles. The Balaban J connectivity index is 1.77. The second-order valence-electron chi connectivity index (χ2n) is 9.27. The average molecular weight is 530 g/mol. The van der Waals surface area contributed by atoms with Crippen molar-refractivity contribution in [1.29, 1.82) is 5.26 Å². The summed E-state index contributed by atoms with van der Waals surface area (Å²) in [5, 5.41) is 12.5. The van der Waals surface area contributed by atoms with Gasteiger partial charge in [0.1, 0.15) is 0 Å². The van der Waals surface area contributed by atoms with Crippen LogP contribution in [0.3, 0.4) is 0 Å². The summed E-state index contributed by atoms with van der Waals surface area (Å²) in [5.41, 5.74) is 0.573. The van der Waals surface area contributed by atoms with E-state index in [4.69, 9.17) is 21.6 Å². The van der Waals surface area contributed by atoms with Gasteiger partial charge in [-0.25, -0.2) is 4.98 Å². The molecule has 194 valence electrons. The molecule has 0 spiro atoms. The van der Waals surface area contributed by atoms with Crippen molar-refractivity contribution in [2.45, 2.75) is 57.3 Å². The highest BCUT2D eigenvalue weighted by molar-refractivity contribution is 6.30. The van der Waals surface area contributed by atoms with E-state index in [-0.39, 0.29) is 17.8 Å². The van der Waals surface area contributed by atoms with Crippen LogP contribution in [0, 0.1) is 11.3 Å². The molecule has 0 aliphatic rings. The first kappa shape index (κ1) is 28.0. The summed E-state index contributed by atoms with van der Waals surface area (Å²) in [5.74, 6) is -0.688. The third-order valence-electron chi connectivity index (χ3n) is 5.97.